The summed E-state index contributed by atoms with van der Waals surface area (Å²) in [5.74, 6) is 1.44. The van der Waals surface area contributed by atoms with Gasteiger partial charge in [-0.05, 0) is 81.6 Å². The van der Waals surface area contributed by atoms with E-state index in [2.05, 4.69) is 49.0 Å². The van der Waals surface area contributed by atoms with Crippen LogP contribution in [0.2, 0.25) is 0 Å². The molecule has 0 bridgehead atoms. The summed E-state index contributed by atoms with van der Waals surface area (Å²) in [7, 11) is 0. The average molecular weight is 526 g/mol. The van der Waals surface area contributed by atoms with Gasteiger partial charge >= 0.3 is 0 Å². The lowest BCUT2D eigenvalue weighted by Crippen LogP contribution is -2.17. The van der Waals surface area contributed by atoms with Gasteiger partial charge < -0.3 is 14.2 Å². The zero-order valence-corrected chi connectivity index (χ0v) is 19.4. The van der Waals surface area contributed by atoms with Crippen molar-refractivity contribution >= 4 is 44.0 Å². The molecule has 0 saturated carbocycles. The van der Waals surface area contributed by atoms with Crippen molar-refractivity contribution in [1.82, 2.24) is 5.43 Å². The van der Waals surface area contributed by atoms with Gasteiger partial charge in [-0.25, -0.2) is 5.43 Å². The molecule has 0 aliphatic heterocycles. The van der Waals surface area contributed by atoms with Crippen LogP contribution in [0.1, 0.15) is 29.8 Å². The van der Waals surface area contributed by atoms with Gasteiger partial charge in [-0.1, -0.05) is 12.7 Å². The van der Waals surface area contributed by atoms with Gasteiger partial charge in [0.2, 0.25) is 0 Å². The van der Waals surface area contributed by atoms with E-state index in [1.807, 2.05) is 26.0 Å². The van der Waals surface area contributed by atoms with Gasteiger partial charge in [-0.2, -0.15) is 5.10 Å². The minimum absolute atomic E-state index is 0.352. The Balaban J connectivity index is 2.09. The number of benzene rings is 2. The molecule has 2 aromatic rings. The van der Waals surface area contributed by atoms with Gasteiger partial charge in [0, 0.05) is 5.56 Å². The third kappa shape index (κ3) is 6.61. The van der Waals surface area contributed by atoms with Crippen LogP contribution in [0.4, 0.5) is 0 Å². The fourth-order valence-electron chi connectivity index (χ4n) is 2.36. The van der Waals surface area contributed by atoms with Crippen LogP contribution >= 0.6 is 31.9 Å². The SMILES string of the molecule is C=CCOc1c(Br)cc(/C=N/NC(=O)c2ccc(OCC)c(OCC)c2)cc1Br. The first kappa shape index (κ1) is 23.0. The molecule has 0 spiro atoms. The summed E-state index contributed by atoms with van der Waals surface area (Å²) in [6, 6.07) is 8.69. The van der Waals surface area contributed by atoms with Crippen LogP contribution in [0.25, 0.3) is 0 Å². The molecule has 2 aromatic carbocycles. The number of nitrogens with zero attached hydrogens (tertiary/aromatic N) is 1. The lowest BCUT2D eigenvalue weighted by Gasteiger charge is -2.11. The van der Waals surface area contributed by atoms with E-state index >= 15 is 0 Å². The van der Waals surface area contributed by atoms with Crippen LogP contribution in [0.15, 0.2) is 57.0 Å². The summed E-state index contributed by atoms with van der Waals surface area (Å²) in [5.41, 5.74) is 3.71. The molecule has 0 unspecified atom stereocenters. The number of halogens is 2. The number of hydrogen-bond acceptors (Lipinski definition) is 5. The summed E-state index contributed by atoms with van der Waals surface area (Å²) < 4.78 is 18.2. The van der Waals surface area contributed by atoms with Crippen LogP contribution < -0.4 is 19.6 Å². The van der Waals surface area contributed by atoms with Crippen molar-refractivity contribution in [1.29, 1.82) is 0 Å². The standard InChI is InChI=1S/C21H22Br2N2O4/c1-4-9-29-20-16(22)10-14(11-17(20)23)13-24-25-21(26)15-7-8-18(27-5-2)19(12-15)28-6-3/h4,7-8,10-13H,1,5-6,9H2,2-3H3,(H,25,26)/b24-13+. The highest BCUT2D eigenvalue weighted by Gasteiger charge is 2.11. The Morgan fingerprint density at radius 2 is 1.72 bits per heavy atom. The van der Waals surface area contributed by atoms with E-state index in [-0.39, 0.29) is 5.91 Å². The molecule has 0 fully saturated rings. The van der Waals surface area contributed by atoms with Crippen LogP contribution in [0.5, 0.6) is 17.2 Å². The van der Waals surface area contributed by atoms with Crippen molar-refractivity contribution in [3.63, 3.8) is 0 Å². The fraction of sp³-hybridized carbons (Fsp3) is 0.238. The molecular weight excluding hydrogens is 504 g/mol. The van der Waals surface area contributed by atoms with Crippen LogP contribution in [-0.4, -0.2) is 31.9 Å². The predicted molar refractivity (Wildman–Crippen MR) is 121 cm³/mol. The molecule has 0 aliphatic rings. The molecule has 0 saturated heterocycles. The van der Waals surface area contributed by atoms with Crippen molar-refractivity contribution in [2.24, 2.45) is 5.10 Å². The van der Waals surface area contributed by atoms with E-state index in [0.717, 1.165) is 14.5 Å². The lowest BCUT2D eigenvalue weighted by atomic mass is 10.2. The number of hydrazone groups is 1. The highest BCUT2D eigenvalue weighted by Crippen LogP contribution is 2.34. The van der Waals surface area contributed by atoms with Crippen molar-refractivity contribution in [3.8, 4) is 17.2 Å². The molecule has 1 N–H and O–H groups in total. The van der Waals surface area contributed by atoms with Crippen molar-refractivity contribution in [2.75, 3.05) is 19.8 Å². The minimum atomic E-state index is -0.352. The summed E-state index contributed by atoms with van der Waals surface area (Å²) in [4.78, 5) is 12.4. The lowest BCUT2D eigenvalue weighted by molar-refractivity contribution is 0.0954. The van der Waals surface area contributed by atoms with Gasteiger partial charge in [0.15, 0.2) is 11.5 Å². The van der Waals surface area contributed by atoms with Gasteiger partial charge in [0.05, 0.1) is 28.4 Å². The molecule has 0 heterocycles. The quantitative estimate of drug-likeness (QED) is 0.258. The molecule has 8 heteroatoms. The number of hydrogen-bond donors (Lipinski definition) is 1. The number of rotatable bonds is 10. The van der Waals surface area contributed by atoms with Gasteiger partial charge in [-0.3, -0.25) is 4.79 Å². The van der Waals surface area contributed by atoms with E-state index in [4.69, 9.17) is 14.2 Å². The Morgan fingerprint density at radius 3 is 2.34 bits per heavy atom. The monoisotopic (exact) mass is 524 g/mol. The van der Waals surface area contributed by atoms with Gasteiger partial charge in [0.25, 0.3) is 5.91 Å². The van der Waals surface area contributed by atoms with E-state index in [9.17, 15) is 4.79 Å². The molecular formula is C21H22Br2N2O4. The first-order chi connectivity index (χ1) is 14.0. The largest absolute Gasteiger partial charge is 0.490 e. The first-order valence-corrected chi connectivity index (χ1v) is 10.5. The molecule has 0 atom stereocenters. The Hall–Kier alpha value is -2.32. The summed E-state index contributed by atoms with van der Waals surface area (Å²) >= 11 is 6.93. The van der Waals surface area contributed by atoms with Crippen LogP contribution in [0.3, 0.4) is 0 Å². The van der Waals surface area contributed by atoms with E-state index < -0.39 is 0 Å². The van der Waals surface area contributed by atoms with Crippen molar-refractivity contribution < 1.29 is 19.0 Å². The second-order valence-corrected chi connectivity index (χ2v) is 7.35. The number of carbonyl (C=O) groups is 1. The maximum absolute atomic E-state index is 12.4. The molecule has 6 nitrogen and oxygen atoms in total. The molecule has 154 valence electrons. The topological polar surface area (TPSA) is 69.2 Å². The average Bonchev–Trinajstić information content (AvgIpc) is 2.69. The smallest absolute Gasteiger partial charge is 0.271 e. The second kappa shape index (κ2) is 11.6. The molecule has 0 radical (unpaired) electrons. The predicted octanol–water partition coefficient (Wildman–Crippen LogP) is 5.34. The Kier molecular flexibility index (Phi) is 9.21. The van der Waals surface area contributed by atoms with Gasteiger partial charge in [-0.15, -0.1) is 0 Å². The maximum atomic E-state index is 12.4. The fourth-order valence-corrected chi connectivity index (χ4v) is 3.81. The minimum Gasteiger partial charge on any atom is -0.490 e. The highest BCUT2D eigenvalue weighted by atomic mass is 79.9. The third-order valence-electron chi connectivity index (χ3n) is 3.55. The zero-order chi connectivity index (χ0) is 21.2. The summed E-state index contributed by atoms with van der Waals surface area (Å²) in [5, 5.41) is 4.03. The number of carbonyl (C=O) groups excluding carboxylic acids is 1. The highest BCUT2D eigenvalue weighted by molar-refractivity contribution is 9.11. The molecule has 2 rings (SSSR count). The molecule has 0 aromatic heterocycles. The Bertz CT molecular complexity index is 877. The maximum Gasteiger partial charge on any atom is 0.271 e. The normalized spacial score (nSPS) is 10.6. The first-order valence-electron chi connectivity index (χ1n) is 8.95. The van der Waals surface area contributed by atoms with Gasteiger partial charge in [0.1, 0.15) is 12.4 Å². The Labute approximate surface area is 187 Å². The molecule has 1 amide bonds. The van der Waals surface area contributed by atoms with E-state index in [0.29, 0.717) is 42.6 Å². The van der Waals surface area contributed by atoms with Crippen LogP contribution in [-0.2, 0) is 0 Å². The van der Waals surface area contributed by atoms with Crippen molar-refractivity contribution in [3.05, 3.63) is 63.1 Å². The number of nitrogens with one attached hydrogen (secondary N) is 1. The van der Waals surface area contributed by atoms with E-state index in [1.54, 1.807) is 30.5 Å². The molecule has 0 aliphatic carbocycles. The number of amides is 1. The summed E-state index contributed by atoms with van der Waals surface area (Å²) in [6.45, 7) is 8.77. The third-order valence-corrected chi connectivity index (χ3v) is 4.73. The molecule has 29 heavy (non-hydrogen) atoms. The van der Waals surface area contributed by atoms with Crippen LogP contribution in [0, 0.1) is 0 Å². The second-order valence-electron chi connectivity index (χ2n) is 5.64. The zero-order valence-electron chi connectivity index (χ0n) is 16.2. The number of ether oxygens (including phenoxy) is 3. The van der Waals surface area contributed by atoms with Crippen molar-refractivity contribution in [2.45, 2.75) is 13.8 Å². The summed E-state index contributed by atoms with van der Waals surface area (Å²) in [6.07, 6.45) is 3.21. The Morgan fingerprint density at radius 1 is 1.07 bits per heavy atom. The van der Waals surface area contributed by atoms with E-state index in [1.165, 1.54) is 0 Å².